The van der Waals surface area contributed by atoms with Gasteiger partial charge >= 0.3 is 0 Å². The molecule has 0 heterocycles. The maximum atomic E-state index is 5.79. The highest BCUT2D eigenvalue weighted by molar-refractivity contribution is 5.37. The first-order valence-electron chi connectivity index (χ1n) is 6.06. The van der Waals surface area contributed by atoms with Crippen LogP contribution in [0, 0.1) is 13.8 Å². The van der Waals surface area contributed by atoms with E-state index in [1.54, 1.807) is 0 Å². The first kappa shape index (κ1) is 13.3. The molecular weight excluding hydrogens is 208 g/mol. The number of rotatable bonds is 2. The van der Waals surface area contributed by atoms with E-state index < -0.39 is 0 Å². The van der Waals surface area contributed by atoms with Gasteiger partial charge in [0.25, 0.3) is 0 Å². The zero-order valence-corrected chi connectivity index (χ0v) is 11.0. The number of aryl methyl sites for hydroxylation is 2. The molecular formula is C16H20O. The van der Waals surface area contributed by atoms with Crippen LogP contribution in [0.25, 0.3) is 0 Å². The summed E-state index contributed by atoms with van der Waals surface area (Å²) in [4.78, 5) is 0. The van der Waals surface area contributed by atoms with E-state index in [-0.39, 0.29) is 0 Å². The Labute approximate surface area is 104 Å². The van der Waals surface area contributed by atoms with Gasteiger partial charge in [-0.05, 0) is 43.2 Å². The fourth-order valence-electron chi connectivity index (χ4n) is 1.48. The van der Waals surface area contributed by atoms with Gasteiger partial charge in [0.2, 0.25) is 0 Å². The van der Waals surface area contributed by atoms with Crippen LogP contribution in [-0.2, 0) is 0 Å². The second kappa shape index (κ2) is 6.74. The fourth-order valence-corrected chi connectivity index (χ4v) is 1.48. The molecule has 2 aromatic carbocycles. The molecule has 2 aromatic rings. The van der Waals surface area contributed by atoms with Crippen LogP contribution in [0.4, 0.5) is 0 Å². The molecule has 0 aliphatic carbocycles. The second-order valence-corrected chi connectivity index (χ2v) is 3.68. The minimum Gasteiger partial charge on any atom is -0.457 e. The first-order valence-corrected chi connectivity index (χ1v) is 6.06. The predicted octanol–water partition coefficient (Wildman–Crippen LogP) is 5.12. The van der Waals surface area contributed by atoms with Crippen LogP contribution in [0.5, 0.6) is 11.5 Å². The van der Waals surface area contributed by atoms with E-state index in [0.717, 1.165) is 17.1 Å². The highest BCUT2D eigenvalue weighted by Crippen LogP contribution is 2.24. The summed E-state index contributed by atoms with van der Waals surface area (Å²) in [6.45, 7) is 8.11. The second-order valence-electron chi connectivity index (χ2n) is 3.68. The Hall–Kier alpha value is -1.76. The van der Waals surface area contributed by atoms with Crippen LogP contribution in [0.15, 0.2) is 48.5 Å². The highest BCUT2D eigenvalue weighted by atomic mass is 16.5. The summed E-state index contributed by atoms with van der Waals surface area (Å²) in [6, 6.07) is 16.1. The van der Waals surface area contributed by atoms with Gasteiger partial charge in [-0.3, -0.25) is 0 Å². The Balaban J connectivity index is 0.000000686. The minimum absolute atomic E-state index is 0.893. The smallest absolute Gasteiger partial charge is 0.130 e. The first-order chi connectivity index (χ1) is 8.25. The van der Waals surface area contributed by atoms with Crippen LogP contribution >= 0.6 is 0 Å². The number of hydrogen-bond donors (Lipinski definition) is 0. The molecule has 0 N–H and O–H groups in total. The molecule has 1 heteroatoms. The number of ether oxygens (including phenoxy) is 1. The van der Waals surface area contributed by atoms with Gasteiger partial charge in [0.15, 0.2) is 0 Å². The topological polar surface area (TPSA) is 9.23 Å². The Morgan fingerprint density at radius 3 is 2.18 bits per heavy atom. The summed E-state index contributed by atoms with van der Waals surface area (Å²) in [5.74, 6) is 1.81. The van der Waals surface area contributed by atoms with Crippen LogP contribution in [0.1, 0.15) is 25.0 Å². The van der Waals surface area contributed by atoms with Crippen molar-refractivity contribution in [3.8, 4) is 11.5 Å². The van der Waals surface area contributed by atoms with E-state index in [0.29, 0.717) is 0 Å². The lowest BCUT2D eigenvalue weighted by atomic mass is 10.2. The lowest BCUT2D eigenvalue weighted by molar-refractivity contribution is 0.478. The molecule has 0 amide bonds. The third-order valence-electron chi connectivity index (χ3n) is 2.31. The fraction of sp³-hybridized carbons (Fsp3) is 0.250. The largest absolute Gasteiger partial charge is 0.457 e. The van der Waals surface area contributed by atoms with Crippen molar-refractivity contribution in [2.45, 2.75) is 27.7 Å². The summed E-state index contributed by atoms with van der Waals surface area (Å²) >= 11 is 0. The summed E-state index contributed by atoms with van der Waals surface area (Å²) in [6.07, 6.45) is 0. The molecule has 90 valence electrons. The Morgan fingerprint density at radius 2 is 1.53 bits per heavy atom. The molecule has 0 spiro atoms. The quantitative estimate of drug-likeness (QED) is 0.693. The molecule has 0 fully saturated rings. The molecule has 0 saturated carbocycles. The van der Waals surface area contributed by atoms with E-state index in [4.69, 9.17) is 4.74 Å². The molecule has 0 radical (unpaired) electrons. The van der Waals surface area contributed by atoms with Crippen molar-refractivity contribution in [1.82, 2.24) is 0 Å². The summed E-state index contributed by atoms with van der Waals surface area (Å²) in [5, 5.41) is 0. The Kier molecular flexibility index (Phi) is 5.28. The Bertz CT molecular complexity index is 461. The maximum absolute atomic E-state index is 5.79. The minimum atomic E-state index is 0.893. The molecule has 17 heavy (non-hydrogen) atoms. The van der Waals surface area contributed by atoms with Crippen molar-refractivity contribution in [3.05, 3.63) is 59.7 Å². The molecule has 0 aliphatic heterocycles. The molecule has 0 aliphatic rings. The van der Waals surface area contributed by atoms with Gasteiger partial charge in [0.1, 0.15) is 11.5 Å². The highest BCUT2D eigenvalue weighted by Gasteiger charge is 1.99. The van der Waals surface area contributed by atoms with Crippen molar-refractivity contribution < 1.29 is 4.74 Å². The van der Waals surface area contributed by atoms with E-state index in [9.17, 15) is 0 Å². The third-order valence-corrected chi connectivity index (χ3v) is 2.31. The van der Waals surface area contributed by atoms with Gasteiger partial charge in [0.05, 0.1) is 0 Å². The standard InChI is InChI=1S/C14H14O.C2H6/c1-11-6-5-8-13(10-11)15-14-9-4-3-7-12(14)2;1-2/h3-10H,1-2H3;1-2H3. The van der Waals surface area contributed by atoms with Gasteiger partial charge < -0.3 is 4.74 Å². The van der Waals surface area contributed by atoms with Crippen LogP contribution in [-0.4, -0.2) is 0 Å². The van der Waals surface area contributed by atoms with Gasteiger partial charge in [-0.25, -0.2) is 0 Å². The van der Waals surface area contributed by atoms with Gasteiger partial charge in [0, 0.05) is 0 Å². The maximum Gasteiger partial charge on any atom is 0.130 e. The van der Waals surface area contributed by atoms with Crippen molar-refractivity contribution >= 4 is 0 Å². The Morgan fingerprint density at radius 1 is 0.824 bits per heavy atom. The molecule has 2 rings (SSSR count). The van der Waals surface area contributed by atoms with Crippen molar-refractivity contribution in [2.24, 2.45) is 0 Å². The SMILES string of the molecule is CC.Cc1cccc(Oc2ccccc2C)c1. The number of hydrogen-bond acceptors (Lipinski definition) is 1. The van der Waals surface area contributed by atoms with Crippen molar-refractivity contribution in [2.75, 3.05) is 0 Å². The summed E-state index contributed by atoms with van der Waals surface area (Å²) in [7, 11) is 0. The van der Waals surface area contributed by atoms with E-state index in [2.05, 4.69) is 13.0 Å². The molecule has 0 atom stereocenters. The van der Waals surface area contributed by atoms with Gasteiger partial charge in [-0.1, -0.05) is 44.2 Å². The van der Waals surface area contributed by atoms with Crippen molar-refractivity contribution in [3.63, 3.8) is 0 Å². The third kappa shape index (κ3) is 3.95. The van der Waals surface area contributed by atoms with Gasteiger partial charge in [-0.15, -0.1) is 0 Å². The molecule has 0 bridgehead atoms. The zero-order chi connectivity index (χ0) is 12.7. The summed E-state index contributed by atoms with van der Waals surface area (Å²) in [5.41, 5.74) is 2.36. The van der Waals surface area contributed by atoms with E-state index in [1.165, 1.54) is 5.56 Å². The van der Waals surface area contributed by atoms with Crippen molar-refractivity contribution in [1.29, 1.82) is 0 Å². The lowest BCUT2D eigenvalue weighted by Crippen LogP contribution is -1.87. The molecule has 0 aromatic heterocycles. The van der Waals surface area contributed by atoms with E-state index >= 15 is 0 Å². The average Bonchev–Trinajstić information content (AvgIpc) is 2.35. The lowest BCUT2D eigenvalue weighted by Gasteiger charge is -2.08. The van der Waals surface area contributed by atoms with Crippen LogP contribution in [0.2, 0.25) is 0 Å². The summed E-state index contributed by atoms with van der Waals surface area (Å²) < 4.78 is 5.79. The van der Waals surface area contributed by atoms with Crippen LogP contribution < -0.4 is 4.74 Å². The van der Waals surface area contributed by atoms with Gasteiger partial charge in [-0.2, -0.15) is 0 Å². The van der Waals surface area contributed by atoms with E-state index in [1.807, 2.05) is 63.2 Å². The van der Waals surface area contributed by atoms with Crippen LogP contribution in [0.3, 0.4) is 0 Å². The molecule has 0 saturated heterocycles. The molecule has 1 nitrogen and oxygen atoms in total. The monoisotopic (exact) mass is 228 g/mol. The average molecular weight is 228 g/mol. The number of para-hydroxylation sites is 1. The molecule has 0 unspecified atom stereocenters. The normalized spacial score (nSPS) is 9.18. The number of benzene rings is 2. The predicted molar refractivity (Wildman–Crippen MR) is 73.8 cm³/mol. The zero-order valence-electron chi connectivity index (χ0n) is 11.0.